The average Bonchev–Trinajstić information content (AvgIpc) is 2.79. The second-order valence-corrected chi connectivity index (χ2v) is 8.83. The number of rotatable bonds is 9. The van der Waals surface area contributed by atoms with Crippen LogP contribution in [0.1, 0.15) is 62.1 Å². The highest BCUT2D eigenvalue weighted by Gasteiger charge is 2.30. The number of carbonyl (C=O) groups is 2. The van der Waals surface area contributed by atoms with Crippen LogP contribution in [0.15, 0.2) is 48.5 Å². The second-order valence-electron chi connectivity index (χ2n) is 8.83. The summed E-state index contributed by atoms with van der Waals surface area (Å²) in [5, 5.41) is 3.21. The highest BCUT2D eigenvalue weighted by Crippen LogP contribution is 2.20. The third-order valence-electron chi connectivity index (χ3n) is 6.22. The van der Waals surface area contributed by atoms with Gasteiger partial charge in [-0.3, -0.25) is 9.59 Å². The first-order chi connectivity index (χ1) is 15.5. The predicted molar refractivity (Wildman–Crippen MR) is 127 cm³/mol. The maximum absolute atomic E-state index is 13.3. The number of amides is 2. The molecule has 0 radical (unpaired) electrons. The SMILES string of the molecule is CC[C@H](C(=O)NC1CCCCC1)N(Cc1cccc(C)c1)C(=O)COc1ccccc1C. The van der Waals surface area contributed by atoms with Crippen LogP contribution >= 0.6 is 0 Å². The Morgan fingerprint density at radius 3 is 2.50 bits per heavy atom. The summed E-state index contributed by atoms with van der Waals surface area (Å²) in [5.41, 5.74) is 3.12. The topological polar surface area (TPSA) is 58.6 Å². The third kappa shape index (κ3) is 6.59. The molecule has 172 valence electrons. The molecule has 1 aliphatic carbocycles. The zero-order valence-corrected chi connectivity index (χ0v) is 19.6. The molecule has 5 nitrogen and oxygen atoms in total. The van der Waals surface area contributed by atoms with Gasteiger partial charge in [-0.15, -0.1) is 0 Å². The molecule has 0 bridgehead atoms. The monoisotopic (exact) mass is 436 g/mol. The highest BCUT2D eigenvalue weighted by atomic mass is 16.5. The van der Waals surface area contributed by atoms with E-state index in [1.807, 2.05) is 63.2 Å². The number of ether oxygens (including phenoxy) is 1. The Bertz CT molecular complexity index is 905. The first-order valence-corrected chi connectivity index (χ1v) is 11.8. The molecule has 3 rings (SSSR count). The van der Waals surface area contributed by atoms with E-state index in [0.29, 0.717) is 18.7 Å². The van der Waals surface area contributed by atoms with Gasteiger partial charge in [-0.2, -0.15) is 0 Å². The fourth-order valence-corrected chi connectivity index (χ4v) is 4.41. The minimum atomic E-state index is -0.523. The summed E-state index contributed by atoms with van der Waals surface area (Å²) >= 11 is 0. The van der Waals surface area contributed by atoms with Crippen LogP contribution in [0.2, 0.25) is 0 Å². The lowest BCUT2D eigenvalue weighted by Gasteiger charge is -2.32. The van der Waals surface area contributed by atoms with Gasteiger partial charge in [0.05, 0.1) is 0 Å². The van der Waals surface area contributed by atoms with Crippen molar-refractivity contribution in [2.24, 2.45) is 0 Å². The molecule has 2 aromatic rings. The molecule has 5 heteroatoms. The van der Waals surface area contributed by atoms with Gasteiger partial charge < -0.3 is 15.0 Å². The van der Waals surface area contributed by atoms with E-state index in [9.17, 15) is 9.59 Å². The smallest absolute Gasteiger partial charge is 0.261 e. The predicted octanol–water partition coefficient (Wildman–Crippen LogP) is 4.94. The number of aryl methyl sites for hydroxylation is 2. The van der Waals surface area contributed by atoms with Crippen molar-refractivity contribution in [1.82, 2.24) is 10.2 Å². The molecule has 1 N–H and O–H groups in total. The van der Waals surface area contributed by atoms with E-state index in [0.717, 1.165) is 42.4 Å². The Morgan fingerprint density at radius 2 is 1.81 bits per heavy atom. The zero-order chi connectivity index (χ0) is 22.9. The van der Waals surface area contributed by atoms with Crippen LogP contribution < -0.4 is 10.1 Å². The highest BCUT2D eigenvalue weighted by molar-refractivity contribution is 5.88. The maximum Gasteiger partial charge on any atom is 0.261 e. The van der Waals surface area contributed by atoms with Crippen molar-refractivity contribution in [3.05, 3.63) is 65.2 Å². The zero-order valence-electron chi connectivity index (χ0n) is 19.6. The number of nitrogens with zero attached hydrogens (tertiary/aromatic N) is 1. The molecule has 0 aliphatic heterocycles. The van der Waals surface area contributed by atoms with Gasteiger partial charge in [0.15, 0.2) is 6.61 Å². The van der Waals surface area contributed by atoms with Gasteiger partial charge in [-0.25, -0.2) is 0 Å². The van der Waals surface area contributed by atoms with Gasteiger partial charge >= 0.3 is 0 Å². The fourth-order valence-electron chi connectivity index (χ4n) is 4.41. The molecule has 0 saturated heterocycles. The van der Waals surface area contributed by atoms with Crippen molar-refractivity contribution in [3.63, 3.8) is 0 Å². The first kappa shape index (κ1) is 23.8. The average molecular weight is 437 g/mol. The van der Waals surface area contributed by atoms with Gasteiger partial charge in [-0.05, 0) is 50.3 Å². The summed E-state index contributed by atoms with van der Waals surface area (Å²) in [6.45, 7) is 6.24. The molecule has 2 aromatic carbocycles. The number of carbonyl (C=O) groups excluding carboxylic acids is 2. The summed E-state index contributed by atoms with van der Waals surface area (Å²) < 4.78 is 5.84. The number of hydrogen-bond donors (Lipinski definition) is 1. The van der Waals surface area contributed by atoms with Crippen molar-refractivity contribution >= 4 is 11.8 Å². The number of hydrogen-bond acceptors (Lipinski definition) is 3. The summed E-state index contributed by atoms with van der Waals surface area (Å²) in [7, 11) is 0. The maximum atomic E-state index is 13.3. The summed E-state index contributed by atoms with van der Waals surface area (Å²) in [5.74, 6) is 0.452. The van der Waals surface area contributed by atoms with Crippen LogP contribution in [0.25, 0.3) is 0 Å². The molecule has 1 aliphatic rings. The van der Waals surface area contributed by atoms with E-state index < -0.39 is 6.04 Å². The second kappa shape index (κ2) is 11.7. The summed E-state index contributed by atoms with van der Waals surface area (Å²) in [6.07, 6.45) is 6.13. The van der Waals surface area contributed by atoms with E-state index >= 15 is 0 Å². The lowest BCUT2D eigenvalue weighted by atomic mass is 9.95. The molecule has 1 fully saturated rings. The van der Waals surface area contributed by atoms with Gasteiger partial charge in [0, 0.05) is 12.6 Å². The van der Waals surface area contributed by atoms with Crippen LogP contribution in [-0.4, -0.2) is 35.4 Å². The quantitative estimate of drug-likeness (QED) is 0.606. The van der Waals surface area contributed by atoms with E-state index in [4.69, 9.17) is 4.74 Å². The van der Waals surface area contributed by atoms with Gasteiger partial charge in [0.2, 0.25) is 5.91 Å². The molecule has 32 heavy (non-hydrogen) atoms. The lowest BCUT2D eigenvalue weighted by molar-refractivity contribution is -0.143. The summed E-state index contributed by atoms with van der Waals surface area (Å²) in [6, 6.07) is 15.4. The normalized spacial score (nSPS) is 15.1. The van der Waals surface area contributed by atoms with Gasteiger partial charge in [0.25, 0.3) is 5.91 Å². The molecular formula is C27H36N2O3. The van der Waals surface area contributed by atoms with Crippen LogP contribution in [0.5, 0.6) is 5.75 Å². The van der Waals surface area contributed by atoms with E-state index in [-0.39, 0.29) is 24.5 Å². The standard InChI is InChI=1S/C27H36N2O3/c1-4-24(27(31)28-23-14-6-5-7-15-23)29(18-22-13-10-11-20(2)17-22)26(30)19-32-25-16-9-8-12-21(25)3/h8-13,16-17,23-24H,4-7,14-15,18-19H2,1-3H3,(H,28,31)/t24-/m1/s1. The van der Waals surface area contributed by atoms with Crippen LogP contribution in [0.4, 0.5) is 0 Å². The molecule has 2 amide bonds. The lowest BCUT2D eigenvalue weighted by Crippen LogP contribution is -2.52. The van der Waals surface area contributed by atoms with Crippen molar-refractivity contribution in [2.75, 3.05) is 6.61 Å². The van der Waals surface area contributed by atoms with E-state index in [1.165, 1.54) is 6.42 Å². The van der Waals surface area contributed by atoms with Gasteiger partial charge in [-0.1, -0.05) is 74.2 Å². The third-order valence-corrected chi connectivity index (χ3v) is 6.22. The number of nitrogens with one attached hydrogen (secondary N) is 1. The Hall–Kier alpha value is -2.82. The molecule has 0 aromatic heterocycles. The molecule has 0 unspecified atom stereocenters. The molecule has 0 heterocycles. The van der Waals surface area contributed by atoms with Crippen molar-refractivity contribution < 1.29 is 14.3 Å². The first-order valence-electron chi connectivity index (χ1n) is 11.8. The van der Waals surface area contributed by atoms with Crippen LogP contribution in [-0.2, 0) is 16.1 Å². The van der Waals surface area contributed by atoms with Crippen LogP contribution in [0.3, 0.4) is 0 Å². The number of benzene rings is 2. The Morgan fingerprint density at radius 1 is 1.06 bits per heavy atom. The molecule has 0 spiro atoms. The Kier molecular flexibility index (Phi) is 8.72. The fraction of sp³-hybridized carbons (Fsp3) is 0.481. The van der Waals surface area contributed by atoms with Crippen molar-refractivity contribution in [2.45, 2.75) is 77.9 Å². The largest absolute Gasteiger partial charge is 0.484 e. The molecular weight excluding hydrogens is 400 g/mol. The van der Waals surface area contributed by atoms with E-state index in [2.05, 4.69) is 11.4 Å². The summed E-state index contributed by atoms with van der Waals surface area (Å²) in [4.78, 5) is 28.2. The van der Waals surface area contributed by atoms with Crippen LogP contribution in [0, 0.1) is 13.8 Å². The van der Waals surface area contributed by atoms with Gasteiger partial charge in [0.1, 0.15) is 11.8 Å². The number of para-hydroxylation sites is 1. The van der Waals surface area contributed by atoms with Crippen molar-refractivity contribution in [3.8, 4) is 5.75 Å². The Labute approximate surface area is 192 Å². The Balaban J connectivity index is 1.76. The minimum absolute atomic E-state index is 0.0590. The minimum Gasteiger partial charge on any atom is -0.484 e. The van der Waals surface area contributed by atoms with E-state index in [1.54, 1.807) is 4.90 Å². The molecule has 1 saturated carbocycles. The molecule has 1 atom stereocenters. The van der Waals surface area contributed by atoms with Crippen molar-refractivity contribution in [1.29, 1.82) is 0 Å².